The second kappa shape index (κ2) is 6.12. The van der Waals surface area contributed by atoms with E-state index in [9.17, 15) is 9.90 Å². The van der Waals surface area contributed by atoms with Gasteiger partial charge in [-0.25, -0.2) is 4.68 Å². The number of hydrogen-bond acceptors (Lipinski definition) is 4. The summed E-state index contributed by atoms with van der Waals surface area (Å²) in [4.78, 5) is 14.9. The molecule has 128 valence electrons. The summed E-state index contributed by atoms with van der Waals surface area (Å²) in [6, 6.07) is 9.43. The molecule has 25 heavy (non-hydrogen) atoms. The number of nitrogen functional groups attached to an aromatic ring is 1. The van der Waals surface area contributed by atoms with E-state index in [0.29, 0.717) is 16.5 Å². The number of aromatic amines is 1. The van der Waals surface area contributed by atoms with E-state index in [-0.39, 0.29) is 11.7 Å². The van der Waals surface area contributed by atoms with Gasteiger partial charge in [0.2, 0.25) is 5.88 Å². The molecular weight excluding hydrogens is 316 g/mol. The number of fused-ring (bicyclic) bond motifs is 1. The number of para-hydroxylation sites is 1. The van der Waals surface area contributed by atoms with Crippen molar-refractivity contribution < 1.29 is 5.11 Å². The Morgan fingerprint density at radius 2 is 1.96 bits per heavy atom. The predicted octanol–water partition coefficient (Wildman–Crippen LogP) is 3.35. The maximum Gasteiger partial charge on any atom is 0.264 e. The van der Waals surface area contributed by atoms with Crippen molar-refractivity contribution in [2.45, 2.75) is 32.1 Å². The molecule has 1 aliphatic carbocycles. The van der Waals surface area contributed by atoms with Gasteiger partial charge in [-0.05, 0) is 43.4 Å². The molecule has 0 unspecified atom stereocenters. The first kappa shape index (κ1) is 15.5. The van der Waals surface area contributed by atoms with Crippen molar-refractivity contribution >= 4 is 22.3 Å². The highest BCUT2D eigenvalue weighted by molar-refractivity contribution is 5.98. The fourth-order valence-electron chi connectivity index (χ4n) is 3.49. The van der Waals surface area contributed by atoms with Crippen LogP contribution in [0.2, 0.25) is 0 Å². The highest BCUT2D eigenvalue weighted by Crippen LogP contribution is 2.36. The second-order valence-electron chi connectivity index (χ2n) is 6.36. The van der Waals surface area contributed by atoms with Gasteiger partial charge in [0, 0.05) is 0 Å². The molecule has 6 nitrogen and oxygen atoms in total. The zero-order valence-electron chi connectivity index (χ0n) is 13.8. The second-order valence-corrected chi connectivity index (χ2v) is 6.36. The number of nitrogens with zero attached hydrogens (tertiary/aromatic N) is 2. The summed E-state index contributed by atoms with van der Waals surface area (Å²) in [5.41, 5.74) is 8.65. The molecule has 0 atom stereocenters. The van der Waals surface area contributed by atoms with Gasteiger partial charge in [0.15, 0.2) is 0 Å². The fraction of sp³-hybridized carbons (Fsp3) is 0.263. The lowest BCUT2D eigenvalue weighted by Gasteiger charge is -2.08. The lowest BCUT2D eigenvalue weighted by atomic mass is 10.0. The van der Waals surface area contributed by atoms with Crippen LogP contribution in [-0.4, -0.2) is 19.9 Å². The highest BCUT2D eigenvalue weighted by atomic mass is 16.3. The summed E-state index contributed by atoms with van der Waals surface area (Å²) in [6.45, 7) is 0. The van der Waals surface area contributed by atoms with Crippen LogP contribution in [0.1, 0.15) is 37.7 Å². The van der Waals surface area contributed by atoms with Crippen LogP contribution in [0.25, 0.3) is 22.2 Å². The largest absolute Gasteiger partial charge is 0.494 e. The summed E-state index contributed by atoms with van der Waals surface area (Å²) in [6.07, 6.45) is 7.31. The average molecular weight is 336 g/mol. The lowest BCUT2D eigenvalue weighted by molar-refractivity contribution is 0.451. The monoisotopic (exact) mass is 336 g/mol. The molecule has 0 radical (unpaired) electrons. The summed E-state index contributed by atoms with van der Waals surface area (Å²) in [5, 5.41) is 15.3. The van der Waals surface area contributed by atoms with Gasteiger partial charge in [-0.15, -0.1) is 0 Å². The standard InChI is InChI=1S/C19H20N4O2/c20-17-15-16(22-23(17)13-10-6-3-7-11-13)14(18(24)21-19(15)25)12-8-4-1-2-5-9-12/h3,6-8,10-11,24H,1-2,4-5,9,20H2,(H,21,25). The summed E-state index contributed by atoms with van der Waals surface area (Å²) >= 11 is 0. The molecule has 3 aromatic rings. The van der Waals surface area contributed by atoms with Crippen LogP contribution < -0.4 is 11.3 Å². The zero-order valence-corrected chi connectivity index (χ0v) is 13.8. The summed E-state index contributed by atoms with van der Waals surface area (Å²) in [7, 11) is 0. The molecule has 2 heterocycles. The Labute approximate surface area is 144 Å². The van der Waals surface area contributed by atoms with E-state index in [1.165, 1.54) is 0 Å². The van der Waals surface area contributed by atoms with Crippen LogP contribution in [0.4, 0.5) is 5.82 Å². The minimum Gasteiger partial charge on any atom is -0.494 e. The van der Waals surface area contributed by atoms with E-state index in [0.717, 1.165) is 43.4 Å². The van der Waals surface area contributed by atoms with E-state index in [4.69, 9.17) is 5.73 Å². The van der Waals surface area contributed by atoms with Gasteiger partial charge < -0.3 is 10.8 Å². The van der Waals surface area contributed by atoms with Crippen LogP contribution in [0.15, 0.2) is 41.2 Å². The van der Waals surface area contributed by atoms with Crippen LogP contribution in [0, 0.1) is 0 Å². The molecule has 0 aliphatic heterocycles. The minimum absolute atomic E-state index is 0.136. The minimum atomic E-state index is -0.426. The van der Waals surface area contributed by atoms with Crippen molar-refractivity contribution in [2.24, 2.45) is 0 Å². The van der Waals surface area contributed by atoms with Crippen molar-refractivity contribution in [3.8, 4) is 11.6 Å². The topological polar surface area (TPSA) is 96.9 Å². The number of benzene rings is 1. The fourth-order valence-corrected chi connectivity index (χ4v) is 3.49. The third-order valence-electron chi connectivity index (χ3n) is 4.72. The Bertz CT molecular complexity index is 1020. The Balaban J connectivity index is 2.01. The number of aromatic nitrogens is 3. The molecular formula is C19H20N4O2. The average Bonchev–Trinajstić information content (AvgIpc) is 2.78. The molecule has 0 saturated carbocycles. The molecule has 0 amide bonds. The molecule has 1 aromatic carbocycles. The number of nitrogens with two attached hydrogens (primary N) is 1. The van der Waals surface area contributed by atoms with Crippen molar-refractivity contribution in [1.29, 1.82) is 0 Å². The quantitative estimate of drug-likeness (QED) is 0.668. The molecule has 0 fully saturated rings. The third-order valence-corrected chi connectivity index (χ3v) is 4.72. The van der Waals surface area contributed by atoms with Crippen molar-refractivity contribution in [2.75, 3.05) is 5.73 Å². The Morgan fingerprint density at radius 1 is 1.16 bits per heavy atom. The van der Waals surface area contributed by atoms with Gasteiger partial charge in [-0.1, -0.05) is 30.7 Å². The smallest absolute Gasteiger partial charge is 0.264 e. The number of H-pyrrole nitrogens is 1. The van der Waals surface area contributed by atoms with E-state index in [2.05, 4.69) is 16.2 Å². The predicted molar refractivity (Wildman–Crippen MR) is 98.8 cm³/mol. The number of anilines is 1. The Kier molecular flexibility index (Phi) is 3.80. The number of pyridine rings is 1. The number of hydrogen-bond donors (Lipinski definition) is 3. The molecule has 4 N–H and O–H groups in total. The Morgan fingerprint density at radius 3 is 2.76 bits per heavy atom. The number of aromatic hydroxyl groups is 1. The lowest BCUT2D eigenvalue weighted by Crippen LogP contribution is -2.09. The maximum atomic E-state index is 12.4. The van der Waals surface area contributed by atoms with Gasteiger partial charge in [0.1, 0.15) is 16.7 Å². The summed E-state index contributed by atoms with van der Waals surface area (Å²) < 4.78 is 1.56. The van der Waals surface area contributed by atoms with Crippen LogP contribution in [0.3, 0.4) is 0 Å². The molecule has 0 bridgehead atoms. The molecule has 4 rings (SSSR count). The van der Waals surface area contributed by atoms with Crippen LogP contribution in [0.5, 0.6) is 5.88 Å². The van der Waals surface area contributed by atoms with Gasteiger partial charge in [-0.3, -0.25) is 9.78 Å². The van der Waals surface area contributed by atoms with Gasteiger partial charge in [0.05, 0.1) is 11.3 Å². The van der Waals surface area contributed by atoms with E-state index in [1.54, 1.807) is 4.68 Å². The molecule has 0 spiro atoms. The number of nitrogens with one attached hydrogen (secondary N) is 1. The van der Waals surface area contributed by atoms with Gasteiger partial charge >= 0.3 is 0 Å². The van der Waals surface area contributed by atoms with Crippen LogP contribution in [-0.2, 0) is 0 Å². The first-order valence-electron chi connectivity index (χ1n) is 8.55. The molecule has 6 heteroatoms. The van der Waals surface area contributed by atoms with Crippen molar-refractivity contribution in [3.05, 3.63) is 52.3 Å². The SMILES string of the molecule is Nc1c2c(=O)[nH]c(O)c(C3=CCCCCC3)c2nn1-c1ccccc1. The zero-order chi connectivity index (χ0) is 17.4. The van der Waals surface area contributed by atoms with Gasteiger partial charge in [0.25, 0.3) is 5.56 Å². The van der Waals surface area contributed by atoms with Crippen molar-refractivity contribution in [1.82, 2.24) is 14.8 Å². The highest BCUT2D eigenvalue weighted by Gasteiger charge is 2.22. The van der Waals surface area contributed by atoms with Gasteiger partial charge in [-0.2, -0.15) is 5.10 Å². The molecule has 1 aliphatic rings. The summed E-state index contributed by atoms with van der Waals surface area (Å²) in [5.74, 6) is 0.140. The maximum absolute atomic E-state index is 12.4. The number of rotatable bonds is 2. The third kappa shape index (κ3) is 2.59. The van der Waals surface area contributed by atoms with E-state index in [1.807, 2.05) is 30.3 Å². The van der Waals surface area contributed by atoms with E-state index >= 15 is 0 Å². The Hall–Kier alpha value is -3.02. The molecule has 2 aromatic heterocycles. The molecule has 0 saturated heterocycles. The normalized spacial score (nSPS) is 15.1. The first-order chi connectivity index (χ1) is 12.2. The first-order valence-corrected chi connectivity index (χ1v) is 8.55. The van der Waals surface area contributed by atoms with E-state index < -0.39 is 5.56 Å². The number of allylic oxidation sites excluding steroid dienone is 2. The van der Waals surface area contributed by atoms with Crippen LogP contribution >= 0.6 is 0 Å². The van der Waals surface area contributed by atoms with Crippen molar-refractivity contribution in [3.63, 3.8) is 0 Å².